The van der Waals surface area contributed by atoms with Crippen molar-refractivity contribution in [1.82, 2.24) is 0 Å². The van der Waals surface area contributed by atoms with Crippen molar-refractivity contribution < 1.29 is 22.0 Å². The van der Waals surface area contributed by atoms with Gasteiger partial charge < -0.3 is 5.73 Å². The minimum atomic E-state index is -5.65. The molecule has 0 aliphatic rings. The fourth-order valence-electron chi connectivity index (χ4n) is 1.58. The Morgan fingerprint density at radius 2 is 1.35 bits per heavy atom. The number of rotatable bonds is 2. The Balaban J connectivity index is 3.16. The lowest BCUT2D eigenvalue weighted by Crippen LogP contribution is -2.45. The number of hydrogen-bond acceptors (Lipinski definition) is 1. The van der Waals surface area contributed by atoms with Crippen LogP contribution in [-0.4, -0.2) is 12.1 Å². The first-order chi connectivity index (χ1) is 7.55. The number of hydrogen-bond donors (Lipinski definition) is 1. The van der Waals surface area contributed by atoms with E-state index in [4.69, 9.17) is 5.73 Å². The monoisotopic (exact) mass is 253 g/mol. The van der Waals surface area contributed by atoms with E-state index in [9.17, 15) is 22.0 Å². The van der Waals surface area contributed by atoms with Crippen LogP contribution in [0.3, 0.4) is 0 Å². The summed E-state index contributed by atoms with van der Waals surface area (Å²) in [6.45, 7) is 3.21. The quantitative estimate of drug-likeness (QED) is 0.802. The van der Waals surface area contributed by atoms with Crippen LogP contribution in [0.2, 0.25) is 0 Å². The van der Waals surface area contributed by atoms with Crippen molar-refractivity contribution in [3.05, 3.63) is 34.9 Å². The van der Waals surface area contributed by atoms with Crippen molar-refractivity contribution >= 4 is 0 Å². The van der Waals surface area contributed by atoms with E-state index in [2.05, 4.69) is 0 Å². The zero-order valence-corrected chi connectivity index (χ0v) is 9.28. The number of halogens is 5. The smallest absolute Gasteiger partial charge is 0.319 e. The van der Waals surface area contributed by atoms with Gasteiger partial charge in [-0.2, -0.15) is 22.0 Å². The molecule has 1 rings (SSSR count). The summed E-state index contributed by atoms with van der Waals surface area (Å²) < 4.78 is 62.5. The van der Waals surface area contributed by atoms with E-state index in [0.29, 0.717) is 11.1 Å². The molecule has 0 spiro atoms. The second-order valence-corrected chi connectivity index (χ2v) is 4.02. The van der Waals surface area contributed by atoms with Crippen LogP contribution in [-0.2, 0) is 0 Å². The van der Waals surface area contributed by atoms with E-state index in [0.717, 1.165) is 0 Å². The van der Waals surface area contributed by atoms with Gasteiger partial charge >= 0.3 is 12.1 Å². The average molecular weight is 253 g/mol. The van der Waals surface area contributed by atoms with Crippen LogP contribution < -0.4 is 5.73 Å². The van der Waals surface area contributed by atoms with Crippen molar-refractivity contribution in [3.63, 3.8) is 0 Å². The minimum Gasteiger partial charge on any atom is -0.319 e. The highest BCUT2D eigenvalue weighted by atomic mass is 19.4. The normalized spacial score (nSPS) is 14.8. The van der Waals surface area contributed by atoms with Gasteiger partial charge in [-0.05, 0) is 19.4 Å². The number of benzene rings is 1. The number of nitrogens with two attached hydrogens (primary N) is 1. The van der Waals surface area contributed by atoms with Crippen LogP contribution in [0.5, 0.6) is 0 Å². The first-order valence-electron chi connectivity index (χ1n) is 4.84. The molecule has 0 unspecified atom stereocenters. The van der Waals surface area contributed by atoms with E-state index >= 15 is 0 Å². The third-order valence-corrected chi connectivity index (χ3v) is 2.37. The summed E-state index contributed by atoms with van der Waals surface area (Å²) in [5.74, 6) is -4.94. The molecule has 1 aromatic carbocycles. The molecule has 0 bridgehead atoms. The standard InChI is InChI=1S/C11H12F5N/c1-6-3-7(2)5-8(4-6)9(17)10(12,13)11(14,15)16/h3-5,9H,17H2,1-2H3/t9-/m1/s1. The van der Waals surface area contributed by atoms with Crippen molar-refractivity contribution in [1.29, 1.82) is 0 Å². The Bertz CT molecular complexity index is 391. The van der Waals surface area contributed by atoms with Crippen molar-refractivity contribution in [2.45, 2.75) is 32.0 Å². The minimum absolute atomic E-state index is 0.218. The van der Waals surface area contributed by atoms with Crippen LogP contribution in [0.4, 0.5) is 22.0 Å². The Labute approximate surface area is 95.4 Å². The van der Waals surface area contributed by atoms with Gasteiger partial charge in [-0.1, -0.05) is 29.3 Å². The van der Waals surface area contributed by atoms with Gasteiger partial charge in [0, 0.05) is 0 Å². The second-order valence-electron chi connectivity index (χ2n) is 4.02. The highest BCUT2D eigenvalue weighted by molar-refractivity contribution is 5.31. The third kappa shape index (κ3) is 2.74. The summed E-state index contributed by atoms with van der Waals surface area (Å²) in [6, 6.07) is 1.75. The predicted molar refractivity (Wildman–Crippen MR) is 53.8 cm³/mol. The second kappa shape index (κ2) is 4.25. The maximum Gasteiger partial charge on any atom is 0.455 e. The molecule has 6 heteroatoms. The molecule has 0 saturated heterocycles. The predicted octanol–water partition coefficient (Wildman–Crippen LogP) is 3.50. The van der Waals surface area contributed by atoms with Gasteiger partial charge in [-0.3, -0.25) is 0 Å². The Morgan fingerprint density at radius 1 is 0.941 bits per heavy atom. The summed E-state index contributed by atoms with van der Waals surface area (Å²) in [7, 11) is 0. The van der Waals surface area contributed by atoms with E-state index in [1.165, 1.54) is 12.1 Å². The Hall–Kier alpha value is -1.17. The third-order valence-electron chi connectivity index (χ3n) is 2.37. The molecule has 0 radical (unpaired) electrons. The van der Waals surface area contributed by atoms with E-state index in [1.54, 1.807) is 19.9 Å². The summed E-state index contributed by atoms with van der Waals surface area (Å²) in [4.78, 5) is 0. The summed E-state index contributed by atoms with van der Waals surface area (Å²) in [5, 5.41) is 0. The molecule has 96 valence electrons. The van der Waals surface area contributed by atoms with Crippen molar-refractivity contribution in [2.75, 3.05) is 0 Å². The van der Waals surface area contributed by atoms with Gasteiger partial charge in [-0.15, -0.1) is 0 Å². The molecule has 0 amide bonds. The van der Waals surface area contributed by atoms with Crippen LogP contribution in [0, 0.1) is 13.8 Å². The lowest BCUT2D eigenvalue weighted by atomic mass is 9.97. The van der Waals surface area contributed by atoms with Gasteiger partial charge in [0.1, 0.15) is 6.04 Å². The molecule has 0 saturated carbocycles. The summed E-state index contributed by atoms with van der Waals surface area (Å²) in [5.41, 5.74) is 5.99. The summed E-state index contributed by atoms with van der Waals surface area (Å²) in [6.07, 6.45) is -5.65. The fourth-order valence-corrected chi connectivity index (χ4v) is 1.58. The molecule has 0 aliphatic carbocycles. The highest BCUT2D eigenvalue weighted by Crippen LogP contribution is 2.43. The molecule has 2 N–H and O–H groups in total. The van der Waals surface area contributed by atoms with Gasteiger partial charge in [0.2, 0.25) is 0 Å². The molecular weight excluding hydrogens is 241 g/mol. The molecule has 1 nitrogen and oxygen atoms in total. The molecule has 1 aromatic rings. The van der Waals surface area contributed by atoms with Gasteiger partial charge in [0.25, 0.3) is 0 Å². The maximum absolute atomic E-state index is 13.0. The Kier molecular flexibility index (Phi) is 3.47. The largest absolute Gasteiger partial charge is 0.455 e. The summed E-state index contributed by atoms with van der Waals surface area (Å²) >= 11 is 0. The fraction of sp³-hybridized carbons (Fsp3) is 0.455. The van der Waals surface area contributed by atoms with Gasteiger partial charge in [-0.25, -0.2) is 0 Å². The van der Waals surface area contributed by atoms with Gasteiger partial charge in [0.05, 0.1) is 0 Å². The van der Waals surface area contributed by atoms with Gasteiger partial charge in [0.15, 0.2) is 0 Å². The average Bonchev–Trinajstić information content (AvgIpc) is 2.13. The van der Waals surface area contributed by atoms with E-state index in [1.807, 2.05) is 0 Å². The molecule has 0 aliphatic heterocycles. The molecule has 0 fully saturated rings. The molecule has 0 aromatic heterocycles. The van der Waals surface area contributed by atoms with Crippen LogP contribution in [0.1, 0.15) is 22.7 Å². The van der Waals surface area contributed by atoms with Crippen LogP contribution >= 0.6 is 0 Å². The number of alkyl halides is 5. The maximum atomic E-state index is 13.0. The number of aryl methyl sites for hydroxylation is 2. The zero-order valence-electron chi connectivity index (χ0n) is 9.28. The topological polar surface area (TPSA) is 26.0 Å². The molecule has 1 atom stereocenters. The van der Waals surface area contributed by atoms with E-state index < -0.39 is 18.1 Å². The molecular formula is C11H12F5N. The van der Waals surface area contributed by atoms with Crippen LogP contribution in [0.25, 0.3) is 0 Å². The van der Waals surface area contributed by atoms with Crippen LogP contribution in [0.15, 0.2) is 18.2 Å². The first kappa shape index (κ1) is 13.9. The SMILES string of the molecule is Cc1cc(C)cc([C@@H](N)C(F)(F)C(F)(F)F)c1. The Morgan fingerprint density at radius 3 is 1.71 bits per heavy atom. The first-order valence-corrected chi connectivity index (χ1v) is 4.84. The lowest BCUT2D eigenvalue weighted by molar-refractivity contribution is -0.291. The highest BCUT2D eigenvalue weighted by Gasteiger charge is 2.61. The lowest BCUT2D eigenvalue weighted by Gasteiger charge is -2.26. The molecule has 0 heterocycles. The van der Waals surface area contributed by atoms with Crippen molar-refractivity contribution in [3.8, 4) is 0 Å². The molecule has 17 heavy (non-hydrogen) atoms. The zero-order chi connectivity index (χ0) is 13.4. The van der Waals surface area contributed by atoms with E-state index in [-0.39, 0.29) is 5.56 Å². The van der Waals surface area contributed by atoms with Crippen molar-refractivity contribution in [2.24, 2.45) is 5.73 Å².